The molecule has 0 radical (unpaired) electrons. The monoisotopic (exact) mass is 290 g/mol. The topological polar surface area (TPSA) is 59.0 Å². The third-order valence-corrected chi connectivity index (χ3v) is 3.40. The number of carbonyl (C=O) groups is 1. The number of piperidine rings is 1. The first-order valence-corrected chi connectivity index (χ1v) is 6.38. The minimum Gasteiger partial charge on any atom is -0.348 e. The van der Waals surface area contributed by atoms with Gasteiger partial charge in [0.2, 0.25) is 0 Å². The maximum absolute atomic E-state index is 12.5. The van der Waals surface area contributed by atoms with Crippen molar-refractivity contribution in [1.29, 1.82) is 0 Å². The van der Waals surface area contributed by atoms with Gasteiger partial charge in [0.15, 0.2) is 0 Å². The second-order valence-corrected chi connectivity index (χ2v) is 5.05. The Morgan fingerprint density at radius 3 is 2.65 bits per heavy atom. The Morgan fingerprint density at radius 2 is 2.20 bits per heavy atom. The molecule has 1 amide bonds. The first-order valence-electron chi connectivity index (χ1n) is 6.38. The van der Waals surface area contributed by atoms with Crippen LogP contribution in [0.3, 0.4) is 0 Å². The fourth-order valence-electron chi connectivity index (χ4n) is 2.34. The summed E-state index contributed by atoms with van der Waals surface area (Å²) >= 11 is 0. The molecule has 1 saturated heterocycles. The van der Waals surface area contributed by atoms with E-state index in [2.05, 4.69) is 15.7 Å². The molecule has 8 heteroatoms. The van der Waals surface area contributed by atoms with E-state index >= 15 is 0 Å². The molecule has 20 heavy (non-hydrogen) atoms. The summed E-state index contributed by atoms with van der Waals surface area (Å²) in [5, 5.41) is 9.23. The molecule has 1 fully saturated rings. The predicted octanol–water partition coefficient (Wildman–Crippen LogP) is 1.14. The Kier molecular flexibility index (Phi) is 4.03. The highest BCUT2D eigenvalue weighted by Crippen LogP contribution is 2.26. The van der Waals surface area contributed by atoms with Crippen LogP contribution in [0.4, 0.5) is 13.2 Å². The summed E-state index contributed by atoms with van der Waals surface area (Å²) in [6, 6.07) is -1.77. The molecule has 0 aromatic carbocycles. The molecule has 0 spiro atoms. The smallest absolute Gasteiger partial charge is 0.348 e. The fraction of sp³-hybridized carbons (Fsp3) is 0.667. The van der Waals surface area contributed by atoms with Crippen molar-refractivity contribution >= 4 is 5.91 Å². The largest absolute Gasteiger partial charge is 0.403 e. The summed E-state index contributed by atoms with van der Waals surface area (Å²) in [5.41, 5.74) is 1.05. The van der Waals surface area contributed by atoms with Gasteiger partial charge in [-0.1, -0.05) is 0 Å². The van der Waals surface area contributed by atoms with Crippen LogP contribution in [0.2, 0.25) is 0 Å². The number of halogens is 3. The molecule has 5 nitrogen and oxygen atoms in total. The normalized spacial score (nSPS) is 23.6. The lowest BCUT2D eigenvalue weighted by Gasteiger charge is -2.31. The van der Waals surface area contributed by atoms with Gasteiger partial charge in [-0.2, -0.15) is 18.3 Å². The van der Waals surface area contributed by atoms with Crippen LogP contribution in [0.25, 0.3) is 0 Å². The van der Waals surface area contributed by atoms with Gasteiger partial charge in [-0.25, -0.2) is 0 Å². The van der Waals surface area contributed by atoms with Crippen LogP contribution in [-0.2, 0) is 7.05 Å². The Hall–Kier alpha value is -1.57. The van der Waals surface area contributed by atoms with Gasteiger partial charge in [0.1, 0.15) is 6.04 Å². The Bertz CT molecular complexity index is 489. The lowest BCUT2D eigenvalue weighted by molar-refractivity contribution is -0.160. The molecule has 2 unspecified atom stereocenters. The zero-order chi connectivity index (χ0) is 14.9. The van der Waals surface area contributed by atoms with E-state index in [1.165, 1.54) is 4.68 Å². The number of aromatic nitrogens is 2. The van der Waals surface area contributed by atoms with Crippen molar-refractivity contribution in [3.05, 3.63) is 17.5 Å². The van der Waals surface area contributed by atoms with Crippen molar-refractivity contribution in [3.63, 3.8) is 0 Å². The number of nitrogens with one attached hydrogen (secondary N) is 2. The Labute approximate surface area is 114 Å². The third-order valence-electron chi connectivity index (χ3n) is 3.40. The summed E-state index contributed by atoms with van der Waals surface area (Å²) in [6.07, 6.45) is -2.35. The van der Waals surface area contributed by atoms with Crippen molar-refractivity contribution < 1.29 is 18.0 Å². The molecule has 0 aliphatic carbocycles. The number of hydrogen-bond acceptors (Lipinski definition) is 3. The van der Waals surface area contributed by atoms with Gasteiger partial charge in [0.05, 0.1) is 11.3 Å². The van der Waals surface area contributed by atoms with Gasteiger partial charge >= 0.3 is 6.18 Å². The molecule has 0 saturated carbocycles. The minimum atomic E-state index is -4.23. The number of carbonyl (C=O) groups excluding carboxylic acids is 1. The molecule has 2 heterocycles. The van der Waals surface area contributed by atoms with Gasteiger partial charge in [0, 0.05) is 25.8 Å². The van der Waals surface area contributed by atoms with E-state index in [4.69, 9.17) is 0 Å². The van der Waals surface area contributed by atoms with Crippen molar-refractivity contribution in [2.75, 3.05) is 6.54 Å². The minimum absolute atomic E-state index is 0.0273. The van der Waals surface area contributed by atoms with Crippen LogP contribution in [-0.4, -0.2) is 40.5 Å². The van der Waals surface area contributed by atoms with E-state index in [1.54, 1.807) is 20.2 Å². The van der Waals surface area contributed by atoms with Crippen molar-refractivity contribution in [3.8, 4) is 0 Å². The molecule has 2 N–H and O–H groups in total. The molecule has 2 rings (SSSR count). The summed E-state index contributed by atoms with van der Waals surface area (Å²) in [7, 11) is 1.71. The van der Waals surface area contributed by atoms with Gasteiger partial charge < -0.3 is 10.6 Å². The van der Waals surface area contributed by atoms with E-state index in [0.29, 0.717) is 17.7 Å². The van der Waals surface area contributed by atoms with Crippen LogP contribution in [0.5, 0.6) is 0 Å². The lowest BCUT2D eigenvalue weighted by atomic mass is 10.00. The molecule has 112 valence electrons. The molecule has 0 bridgehead atoms. The maximum atomic E-state index is 12.5. The summed E-state index contributed by atoms with van der Waals surface area (Å²) in [6.45, 7) is 1.84. The molecule has 1 aliphatic heterocycles. The SMILES string of the molecule is Cc1nn(C)cc1C(=O)NC1CCC(C(F)(F)F)NC1. The zero-order valence-corrected chi connectivity index (χ0v) is 11.3. The highest BCUT2D eigenvalue weighted by atomic mass is 19.4. The van der Waals surface area contributed by atoms with E-state index in [0.717, 1.165) is 0 Å². The van der Waals surface area contributed by atoms with Crippen molar-refractivity contribution in [2.24, 2.45) is 7.05 Å². The number of rotatable bonds is 2. The predicted molar refractivity (Wildman–Crippen MR) is 66.3 cm³/mol. The zero-order valence-electron chi connectivity index (χ0n) is 11.3. The molecule has 1 aliphatic rings. The summed E-state index contributed by atoms with van der Waals surface area (Å²) in [5.74, 6) is -0.298. The summed E-state index contributed by atoms with van der Waals surface area (Å²) < 4.78 is 39.0. The van der Waals surface area contributed by atoms with Gasteiger partial charge in [-0.15, -0.1) is 0 Å². The second-order valence-electron chi connectivity index (χ2n) is 5.05. The number of amides is 1. The Balaban J connectivity index is 1.90. The molecule has 1 aromatic rings. The van der Waals surface area contributed by atoms with Crippen LogP contribution in [0.1, 0.15) is 28.9 Å². The van der Waals surface area contributed by atoms with E-state index in [-0.39, 0.29) is 24.9 Å². The summed E-state index contributed by atoms with van der Waals surface area (Å²) in [4.78, 5) is 12.0. The van der Waals surface area contributed by atoms with Crippen molar-refractivity contribution in [2.45, 2.75) is 38.0 Å². The molecular weight excluding hydrogens is 273 g/mol. The lowest BCUT2D eigenvalue weighted by Crippen LogP contribution is -2.54. The van der Waals surface area contributed by atoms with Crippen LogP contribution >= 0.6 is 0 Å². The van der Waals surface area contributed by atoms with Gasteiger partial charge in [-0.3, -0.25) is 9.48 Å². The highest BCUT2D eigenvalue weighted by molar-refractivity contribution is 5.95. The maximum Gasteiger partial charge on any atom is 0.403 e. The highest BCUT2D eigenvalue weighted by Gasteiger charge is 2.41. The van der Waals surface area contributed by atoms with Gasteiger partial charge in [0.25, 0.3) is 5.91 Å². The molecular formula is C12H17F3N4O. The number of hydrogen-bond donors (Lipinski definition) is 2. The number of aryl methyl sites for hydroxylation is 2. The van der Waals surface area contributed by atoms with Crippen LogP contribution < -0.4 is 10.6 Å². The average Bonchev–Trinajstić information content (AvgIpc) is 2.68. The third kappa shape index (κ3) is 3.30. The van der Waals surface area contributed by atoms with Gasteiger partial charge in [-0.05, 0) is 19.8 Å². The Morgan fingerprint density at radius 1 is 1.50 bits per heavy atom. The van der Waals surface area contributed by atoms with E-state index in [1.807, 2.05) is 0 Å². The molecule has 1 aromatic heterocycles. The van der Waals surface area contributed by atoms with Crippen LogP contribution in [0.15, 0.2) is 6.20 Å². The fourth-order valence-corrected chi connectivity index (χ4v) is 2.34. The molecule has 2 atom stereocenters. The van der Waals surface area contributed by atoms with Crippen molar-refractivity contribution in [1.82, 2.24) is 20.4 Å². The standard InChI is InChI=1S/C12H17F3N4O/c1-7-9(6-19(2)18-7)11(20)17-8-3-4-10(16-5-8)12(13,14)15/h6,8,10,16H,3-5H2,1-2H3,(H,17,20). The second kappa shape index (κ2) is 5.43. The number of alkyl halides is 3. The average molecular weight is 290 g/mol. The van der Waals surface area contributed by atoms with Crippen LogP contribution in [0, 0.1) is 6.92 Å². The first-order chi connectivity index (χ1) is 9.27. The van der Waals surface area contributed by atoms with E-state index < -0.39 is 12.2 Å². The first kappa shape index (κ1) is 14.8. The van der Waals surface area contributed by atoms with E-state index in [9.17, 15) is 18.0 Å². The number of nitrogens with zero attached hydrogens (tertiary/aromatic N) is 2. The quantitative estimate of drug-likeness (QED) is 0.859.